The van der Waals surface area contributed by atoms with Gasteiger partial charge in [0.15, 0.2) is 0 Å². The fourth-order valence-corrected chi connectivity index (χ4v) is 4.93. The van der Waals surface area contributed by atoms with E-state index in [0.717, 1.165) is 10.5 Å². The van der Waals surface area contributed by atoms with Gasteiger partial charge < -0.3 is 15.4 Å². The first-order chi connectivity index (χ1) is 18.9. The van der Waals surface area contributed by atoms with Crippen molar-refractivity contribution in [2.24, 2.45) is 0 Å². The molecule has 1 aliphatic heterocycles. The van der Waals surface area contributed by atoms with E-state index in [0.29, 0.717) is 28.4 Å². The Labute approximate surface area is 230 Å². The van der Waals surface area contributed by atoms with Crippen molar-refractivity contribution < 1.29 is 19.1 Å². The van der Waals surface area contributed by atoms with Gasteiger partial charge in [-0.05, 0) is 73.7 Å². The maximum atomic E-state index is 13.5. The number of methoxy groups -OCH3 is 1. The standard InChI is InChI=1S/C31H25N3O4S/c1-20-11-13-22(14-12-20)32-27-28(31(37)34(30(27)36)24-8-4-3-5-9-24)39-26-17-15-23(16-18-26)33-29(35)21-7-6-10-25(19-21)38-2/h3-19,32H,1-2H3,(H,33,35). The average molecular weight is 536 g/mol. The highest BCUT2D eigenvalue weighted by molar-refractivity contribution is 8.04. The number of rotatable bonds is 8. The lowest BCUT2D eigenvalue weighted by atomic mass is 10.2. The van der Waals surface area contributed by atoms with Crippen molar-refractivity contribution in [2.75, 3.05) is 22.6 Å². The van der Waals surface area contributed by atoms with Crippen molar-refractivity contribution in [1.82, 2.24) is 0 Å². The van der Waals surface area contributed by atoms with E-state index in [1.165, 1.54) is 16.7 Å². The molecule has 0 bridgehead atoms. The molecular weight excluding hydrogens is 510 g/mol. The fraction of sp³-hybridized carbons (Fsp3) is 0.0645. The highest BCUT2D eigenvalue weighted by atomic mass is 32.2. The van der Waals surface area contributed by atoms with Crippen LogP contribution in [-0.4, -0.2) is 24.8 Å². The highest BCUT2D eigenvalue weighted by Crippen LogP contribution is 2.38. The van der Waals surface area contributed by atoms with E-state index in [1.807, 2.05) is 37.3 Å². The molecule has 1 aliphatic rings. The van der Waals surface area contributed by atoms with Gasteiger partial charge in [-0.25, -0.2) is 4.90 Å². The zero-order valence-electron chi connectivity index (χ0n) is 21.3. The van der Waals surface area contributed by atoms with Gasteiger partial charge in [0.25, 0.3) is 17.7 Å². The Morgan fingerprint density at radius 2 is 1.49 bits per heavy atom. The molecular formula is C31H25N3O4S. The summed E-state index contributed by atoms with van der Waals surface area (Å²) in [6.07, 6.45) is 0. The molecule has 0 saturated carbocycles. The molecule has 8 heteroatoms. The van der Waals surface area contributed by atoms with Crippen LogP contribution in [0.5, 0.6) is 5.75 Å². The lowest BCUT2D eigenvalue weighted by Gasteiger charge is -2.15. The van der Waals surface area contributed by atoms with Gasteiger partial charge in [-0.1, -0.05) is 53.7 Å². The Morgan fingerprint density at radius 3 is 2.18 bits per heavy atom. The Balaban J connectivity index is 1.39. The van der Waals surface area contributed by atoms with Crippen LogP contribution >= 0.6 is 11.8 Å². The van der Waals surface area contributed by atoms with E-state index in [4.69, 9.17) is 4.74 Å². The summed E-state index contributed by atoms with van der Waals surface area (Å²) in [6, 6.07) is 30.5. The normalized spacial score (nSPS) is 13.0. The van der Waals surface area contributed by atoms with Crippen molar-refractivity contribution in [1.29, 1.82) is 0 Å². The van der Waals surface area contributed by atoms with Crippen molar-refractivity contribution in [3.63, 3.8) is 0 Å². The molecule has 0 atom stereocenters. The number of carbonyl (C=O) groups excluding carboxylic acids is 3. The summed E-state index contributed by atoms with van der Waals surface area (Å²) >= 11 is 1.20. The third-order valence-corrected chi connectivity index (χ3v) is 7.13. The molecule has 0 radical (unpaired) electrons. The van der Waals surface area contributed by atoms with Gasteiger partial charge in [0.2, 0.25) is 0 Å². The summed E-state index contributed by atoms with van der Waals surface area (Å²) in [7, 11) is 1.55. The first-order valence-corrected chi connectivity index (χ1v) is 13.0. The number of hydrogen-bond acceptors (Lipinski definition) is 6. The van der Waals surface area contributed by atoms with E-state index in [-0.39, 0.29) is 16.5 Å². The number of nitrogens with one attached hydrogen (secondary N) is 2. The molecule has 1 heterocycles. The van der Waals surface area contributed by atoms with Crippen molar-refractivity contribution in [3.8, 4) is 5.75 Å². The lowest BCUT2D eigenvalue weighted by molar-refractivity contribution is -0.120. The molecule has 194 valence electrons. The molecule has 2 N–H and O–H groups in total. The topological polar surface area (TPSA) is 87.7 Å². The van der Waals surface area contributed by atoms with Crippen LogP contribution in [0.3, 0.4) is 0 Å². The summed E-state index contributed by atoms with van der Waals surface area (Å²) in [5.41, 5.74) is 3.58. The zero-order valence-corrected chi connectivity index (χ0v) is 22.1. The molecule has 5 rings (SSSR count). The molecule has 0 saturated heterocycles. The minimum atomic E-state index is -0.420. The number of carbonyl (C=O) groups is 3. The van der Waals surface area contributed by atoms with Gasteiger partial charge in [0, 0.05) is 21.8 Å². The minimum absolute atomic E-state index is 0.216. The largest absolute Gasteiger partial charge is 0.497 e. The van der Waals surface area contributed by atoms with Gasteiger partial charge in [-0.2, -0.15) is 0 Å². The SMILES string of the molecule is COc1cccc(C(=O)Nc2ccc(SC3=C(Nc4ccc(C)cc4)C(=O)N(c4ccccc4)C3=O)cc2)c1. The minimum Gasteiger partial charge on any atom is -0.497 e. The average Bonchev–Trinajstić information content (AvgIpc) is 3.19. The number of hydrogen-bond donors (Lipinski definition) is 2. The fourth-order valence-electron chi connectivity index (χ4n) is 4.00. The van der Waals surface area contributed by atoms with E-state index >= 15 is 0 Å². The van der Waals surface area contributed by atoms with Crippen LogP contribution in [0.1, 0.15) is 15.9 Å². The molecule has 0 spiro atoms. The second kappa shape index (κ2) is 11.3. The number of aryl methyl sites for hydroxylation is 1. The van der Waals surface area contributed by atoms with Crippen LogP contribution in [-0.2, 0) is 9.59 Å². The molecule has 7 nitrogen and oxygen atoms in total. The summed E-state index contributed by atoms with van der Waals surface area (Å²) in [5, 5.41) is 6.03. The van der Waals surface area contributed by atoms with Gasteiger partial charge in [-0.3, -0.25) is 14.4 Å². The maximum Gasteiger partial charge on any atom is 0.283 e. The van der Waals surface area contributed by atoms with Crippen molar-refractivity contribution in [2.45, 2.75) is 11.8 Å². The van der Waals surface area contributed by atoms with Gasteiger partial charge in [-0.15, -0.1) is 0 Å². The predicted octanol–water partition coefficient (Wildman–Crippen LogP) is 6.25. The summed E-state index contributed by atoms with van der Waals surface area (Å²) in [5.74, 6) is -0.493. The lowest BCUT2D eigenvalue weighted by Crippen LogP contribution is -2.32. The van der Waals surface area contributed by atoms with E-state index in [9.17, 15) is 14.4 Å². The Bertz CT molecular complexity index is 1570. The second-order valence-electron chi connectivity index (χ2n) is 8.79. The highest BCUT2D eigenvalue weighted by Gasteiger charge is 2.40. The number of imide groups is 1. The first-order valence-electron chi connectivity index (χ1n) is 12.2. The van der Waals surface area contributed by atoms with Crippen LogP contribution in [0.2, 0.25) is 0 Å². The van der Waals surface area contributed by atoms with E-state index in [1.54, 1.807) is 79.9 Å². The number of thioether (sulfide) groups is 1. The number of ether oxygens (including phenoxy) is 1. The van der Waals surface area contributed by atoms with Crippen LogP contribution in [0, 0.1) is 6.92 Å². The Morgan fingerprint density at radius 1 is 0.795 bits per heavy atom. The number of anilines is 3. The molecule has 39 heavy (non-hydrogen) atoms. The summed E-state index contributed by atoms with van der Waals surface area (Å²) in [6.45, 7) is 1.98. The molecule has 0 aliphatic carbocycles. The molecule has 4 aromatic carbocycles. The molecule has 3 amide bonds. The Hall–Kier alpha value is -4.82. The summed E-state index contributed by atoms with van der Waals surface area (Å²) in [4.78, 5) is 41.8. The second-order valence-corrected chi connectivity index (χ2v) is 9.87. The molecule has 0 fully saturated rings. The molecule has 0 unspecified atom stereocenters. The first kappa shape index (κ1) is 25.8. The van der Waals surface area contributed by atoms with Crippen LogP contribution in [0.4, 0.5) is 17.1 Å². The van der Waals surface area contributed by atoms with Gasteiger partial charge >= 0.3 is 0 Å². The number of nitrogens with zero attached hydrogens (tertiary/aromatic N) is 1. The van der Waals surface area contributed by atoms with E-state index < -0.39 is 11.8 Å². The quantitative estimate of drug-likeness (QED) is 0.260. The third kappa shape index (κ3) is 5.71. The molecule has 4 aromatic rings. The number of benzene rings is 4. The van der Waals surface area contributed by atoms with Crippen molar-refractivity contribution >= 4 is 46.5 Å². The van der Waals surface area contributed by atoms with Crippen LogP contribution in [0.15, 0.2) is 119 Å². The Kier molecular flexibility index (Phi) is 7.47. The smallest absolute Gasteiger partial charge is 0.283 e. The van der Waals surface area contributed by atoms with Gasteiger partial charge in [0.1, 0.15) is 16.4 Å². The zero-order chi connectivity index (χ0) is 27.4. The third-order valence-electron chi connectivity index (χ3n) is 6.04. The molecule has 0 aromatic heterocycles. The van der Waals surface area contributed by atoms with Crippen LogP contribution in [0.25, 0.3) is 0 Å². The van der Waals surface area contributed by atoms with E-state index in [2.05, 4.69) is 10.6 Å². The monoisotopic (exact) mass is 535 g/mol. The maximum absolute atomic E-state index is 13.5. The van der Waals surface area contributed by atoms with Crippen LogP contribution < -0.4 is 20.3 Å². The number of para-hydroxylation sites is 1. The predicted molar refractivity (Wildman–Crippen MR) is 154 cm³/mol. The summed E-state index contributed by atoms with van der Waals surface area (Å²) < 4.78 is 5.19. The van der Waals surface area contributed by atoms with Gasteiger partial charge in [0.05, 0.1) is 12.8 Å². The number of amides is 3. The van der Waals surface area contributed by atoms with Crippen molar-refractivity contribution in [3.05, 3.63) is 125 Å².